The summed E-state index contributed by atoms with van der Waals surface area (Å²) < 4.78 is 26.7. The van der Waals surface area contributed by atoms with Gasteiger partial charge in [0.2, 0.25) is 15.9 Å². The van der Waals surface area contributed by atoms with Crippen LogP contribution in [0.1, 0.15) is 39.5 Å². The number of sulfonamides is 1. The van der Waals surface area contributed by atoms with Crippen molar-refractivity contribution in [2.75, 3.05) is 18.4 Å². The average molecular weight is 359 g/mol. The van der Waals surface area contributed by atoms with Crippen LogP contribution in [0.2, 0.25) is 5.02 Å². The Balaban J connectivity index is 2.17. The molecule has 0 aliphatic carbocycles. The van der Waals surface area contributed by atoms with E-state index >= 15 is 0 Å². The lowest BCUT2D eigenvalue weighted by atomic mass is 10.1. The van der Waals surface area contributed by atoms with E-state index in [-0.39, 0.29) is 15.8 Å². The molecule has 5 nitrogen and oxygen atoms in total. The molecule has 0 aromatic heterocycles. The molecule has 23 heavy (non-hydrogen) atoms. The van der Waals surface area contributed by atoms with E-state index in [1.165, 1.54) is 16.4 Å². The van der Waals surface area contributed by atoms with Crippen LogP contribution in [-0.2, 0) is 14.8 Å². The zero-order valence-corrected chi connectivity index (χ0v) is 15.1. The number of nitrogens with one attached hydrogen (secondary N) is 1. The molecule has 1 N–H and O–H groups in total. The van der Waals surface area contributed by atoms with E-state index in [0.29, 0.717) is 31.1 Å². The number of nitrogens with zero attached hydrogens (tertiary/aromatic N) is 1. The molecule has 1 aliphatic rings. The van der Waals surface area contributed by atoms with Gasteiger partial charge in [-0.05, 0) is 43.4 Å². The van der Waals surface area contributed by atoms with Gasteiger partial charge in [-0.3, -0.25) is 4.79 Å². The van der Waals surface area contributed by atoms with Crippen LogP contribution in [0.15, 0.2) is 23.1 Å². The van der Waals surface area contributed by atoms with Gasteiger partial charge >= 0.3 is 0 Å². The van der Waals surface area contributed by atoms with Crippen molar-refractivity contribution in [3.63, 3.8) is 0 Å². The van der Waals surface area contributed by atoms with Crippen LogP contribution < -0.4 is 5.32 Å². The van der Waals surface area contributed by atoms with E-state index in [2.05, 4.69) is 19.2 Å². The number of benzene rings is 1. The maximum Gasteiger partial charge on any atom is 0.244 e. The Morgan fingerprint density at radius 2 is 1.96 bits per heavy atom. The Morgan fingerprint density at radius 1 is 1.30 bits per heavy atom. The minimum atomic E-state index is -3.60. The topological polar surface area (TPSA) is 66.5 Å². The Kier molecular flexibility index (Phi) is 6.06. The molecular formula is C16H23ClN2O3S. The van der Waals surface area contributed by atoms with Gasteiger partial charge in [0, 0.05) is 25.2 Å². The lowest BCUT2D eigenvalue weighted by Crippen LogP contribution is -2.28. The van der Waals surface area contributed by atoms with Crippen LogP contribution in [0.5, 0.6) is 0 Å². The summed E-state index contributed by atoms with van der Waals surface area (Å²) in [5.41, 5.74) is 0.459. The molecule has 7 heteroatoms. The first-order chi connectivity index (χ1) is 10.8. The SMILES string of the molecule is CC(C)CCC(=O)Nc1ccc(Cl)c(S(=O)(=O)N2CCCC2)c1. The molecule has 0 saturated carbocycles. The third-order valence-corrected chi connectivity index (χ3v) is 6.23. The smallest absolute Gasteiger partial charge is 0.244 e. The second-order valence-electron chi connectivity index (χ2n) is 6.24. The summed E-state index contributed by atoms with van der Waals surface area (Å²) in [5, 5.41) is 2.92. The number of hydrogen-bond acceptors (Lipinski definition) is 3. The number of carbonyl (C=O) groups is 1. The second-order valence-corrected chi connectivity index (χ2v) is 8.55. The van der Waals surface area contributed by atoms with Crippen LogP contribution in [0, 0.1) is 5.92 Å². The Labute approximate surface area is 143 Å². The summed E-state index contributed by atoms with van der Waals surface area (Å²) in [6, 6.07) is 4.59. The van der Waals surface area contributed by atoms with E-state index in [4.69, 9.17) is 11.6 Å². The summed E-state index contributed by atoms with van der Waals surface area (Å²) in [6.45, 7) is 5.14. The Morgan fingerprint density at radius 3 is 2.57 bits per heavy atom. The lowest BCUT2D eigenvalue weighted by Gasteiger charge is -2.17. The molecule has 1 aliphatic heterocycles. The zero-order valence-electron chi connectivity index (χ0n) is 13.5. The number of rotatable bonds is 6. The monoisotopic (exact) mass is 358 g/mol. The number of hydrogen-bond donors (Lipinski definition) is 1. The van der Waals surface area contributed by atoms with E-state index in [1.807, 2.05) is 0 Å². The van der Waals surface area contributed by atoms with Crippen molar-refractivity contribution in [3.05, 3.63) is 23.2 Å². The van der Waals surface area contributed by atoms with Crippen LogP contribution in [0.4, 0.5) is 5.69 Å². The largest absolute Gasteiger partial charge is 0.326 e. The van der Waals surface area contributed by atoms with Crippen molar-refractivity contribution in [1.82, 2.24) is 4.31 Å². The van der Waals surface area contributed by atoms with E-state index in [9.17, 15) is 13.2 Å². The first-order valence-electron chi connectivity index (χ1n) is 7.90. The van der Waals surface area contributed by atoms with Crippen LogP contribution >= 0.6 is 11.6 Å². The van der Waals surface area contributed by atoms with Crippen molar-refractivity contribution in [1.29, 1.82) is 0 Å². The fourth-order valence-electron chi connectivity index (χ4n) is 2.49. The van der Waals surface area contributed by atoms with E-state index < -0.39 is 10.0 Å². The third-order valence-electron chi connectivity index (χ3n) is 3.85. The minimum Gasteiger partial charge on any atom is -0.326 e. The molecule has 1 fully saturated rings. The van der Waals surface area contributed by atoms with E-state index in [1.54, 1.807) is 6.07 Å². The summed E-state index contributed by atoms with van der Waals surface area (Å²) in [7, 11) is -3.60. The van der Waals surface area contributed by atoms with Gasteiger partial charge in [-0.15, -0.1) is 0 Å². The molecule has 0 radical (unpaired) electrons. The third kappa shape index (κ3) is 4.68. The average Bonchev–Trinajstić information content (AvgIpc) is 3.02. The number of anilines is 1. The van der Waals surface area contributed by atoms with Crippen molar-refractivity contribution in [2.24, 2.45) is 5.92 Å². The molecule has 0 bridgehead atoms. The highest BCUT2D eigenvalue weighted by Crippen LogP contribution is 2.29. The molecule has 1 aromatic carbocycles. The maximum atomic E-state index is 12.6. The molecule has 1 saturated heterocycles. The van der Waals surface area contributed by atoms with Gasteiger partial charge in [0.15, 0.2) is 0 Å². The fraction of sp³-hybridized carbons (Fsp3) is 0.562. The first kappa shape index (κ1) is 18.2. The summed E-state index contributed by atoms with van der Waals surface area (Å²) in [4.78, 5) is 12.0. The van der Waals surface area contributed by atoms with Gasteiger partial charge < -0.3 is 5.32 Å². The maximum absolute atomic E-state index is 12.6. The van der Waals surface area contributed by atoms with Gasteiger partial charge in [0.25, 0.3) is 0 Å². The molecule has 1 amide bonds. The van der Waals surface area contributed by atoms with Crippen molar-refractivity contribution in [3.8, 4) is 0 Å². The molecule has 0 unspecified atom stereocenters. The highest BCUT2D eigenvalue weighted by molar-refractivity contribution is 7.89. The Bertz CT molecular complexity index is 668. The number of carbonyl (C=O) groups excluding carboxylic acids is 1. The molecule has 1 heterocycles. The minimum absolute atomic E-state index is 0.0581. The quantitative estimate of drug-likeness (QED) is 0.846. The summed E-state index contributed by atoms with van der Waals surface area (Å²) in [5.74, 6) is 0.322. The van der Waals surface area contributed by atoms with Crippen LogP contribution in [0.25, 0.3) is 0 Å². The zero-order chi connectivity index (χ0) is 17.0. The normalized spacial score (nSPS) is 16.0. The molecule has 1 aromatic rings. The Hall–Kier alpha value is -1.11. The predicted molar refractivity (Wildman–Crippen MR) is 92.1 cm³/mol. The number of amides is 1. The molecule has 0 spiro atoms. The molecule has 2 rings (SSSR count). The lowest BCUT2D eigenvalue weighted by molar-refractivity contribution is -0.116. The van der Waals surface area contributed by atoms with Crippen molar-refractivity contribution < 1.29 is 13.2 Å². The highest BCUT2D eigenvalue weighted by atomic mass is 35.5. The molecular weight excluding hydrogens is 336 g/mol. The highest BCUT2D eigenvalue weighted by Gasteiger charge is 2.29. The molecule has 128 valence electrons. The molecule has 0 atom stereocenters. The van der Waals surface area contributed by atoms with Gasteiger partial charge in [-0.25, -0.2) is 8.42 Å². The first-order valence-corrected chi connectivity index (χ1v) is 9.72. The van der Waals surface area contributed by atoms with E-state index in [0.717, 1.165) is 19.3 Å². The van der Waals surface area contributed by atoms with Gasteiger partial charge in [0.1, 0.15) is 4.90 Å². The van der Waals surface area contributed by atoms with Crippen molar-refractivity contribution in [2.45, 2.75) is 44.4 Å². The summed E-state index contributed by atoms with van der Waals surface area (Å²) in [6.07, 6.45) is 2.93. The predicted octanol–water partition coefficient (Wildman–Crippen LogP) is 3.50. The van der Waals surface area contributed by atoms with Gasteiger partial charge in [-0.2, -0.15) is 4.31 Å². The van der Waals surface area contributed by atoms with Gasteiger partial charge in [0.05, 0.1) is 5.02 Å². The second kappa shape index (κ2) is 7.64. The van der Waals surface area contributed by atoms with Crippen LogP contribution in [-0.4, -0.2) is 31.7 Å². The summed E-state index contributed by atoms with van der Waals surface area (Å²) >= 11 is 6.08. The fourth-order valence-corrected chi connectivity index (χ4v) is 4.51. The van der Waals surface area contributed by atoms with Crippen LogP contribution in [0.3, 0.4) is 0 Å². The van der Waals surface area contributed by atoms with Crippen molar-refractivity contribution >= 4 is 33.2 Å². The number of halogens is 1. The standard InChI is InChI=1S/C16H23ClN2O3S/c1-12(2)5-8-16(20)18-13-6-7-14(17)15(11-13)23(21,22)19-9-3-4-10-19/h6-7,11-12H,3-5,8-10H2,1-2H3,(H,18,20). The van der Waals surface area contributed by atoms with Gasteiger partial charge in [-0.1, -0.05) is 25.4 Å².